The number of rotatable bonds is 3. The molecule has 0 aliphatic heterocycles. The van der Waals surface area contributed by atoms with Gasteiger partial charge in [0.25, 0.3) is 5.56 Å². The molecular weight excluding hydrogens is 300 g/mol. The molecule has 0 unspecified atom stereocenters. The summed E-state index contributed by atoms with van der Waals surface area (Å²) in [7, 11) is 0. The van der Waals surface area contributed by atoms with E-state index in [4.69, 9.17) is 4.98 Å². The van der Waals surface area contributed by atoms with Crippen LogP contribution in [-0.4, -0.2) is 15.2 Å². The van der Waals surface area contributed by atoms with Gasteiger partial charge in [0, 0.05) is 10.1 Å². The van der Waals surface area contributed by atoms with Gasteiger partial charge in [-0.15, -0.1) is 11.3 Å². The monoisotopic (exact) mass is 320 g/mol. The Hall–Kier alpha value is -0.810. The summed E-state index contributed by atoms with van der Waals surface area (Å²) in [6.45, 7) is 0. The normalized spacial score (nSPS) is 19.2. The van der Waals surface area contributed by atoms with Crippen LogP contribution >= 0.6 is 23.1 Å². The minimum absolute atomic E-state index is 0.0846. The number of nitrogens with zero attached hydrogens (tertiary/aromatic N) is 1. The lowest BCUT2D eigenvalue weighted by Gasteiger charge is -2.10. The number of hydrogen-bond donors (Lipinski definition) is 1. The summed E-state index contributed by atoms with van der Waals surface area (Å²) < 4.78 is 0. The summed E-state index contributed by atoms with van der Waals surface area (Å²) >= 11 is 3.71. The molecule has 1 N–H and O–H groups in total. The number of thiophene rings is 1. The zero-order valence-electron chi connectivity index (χ0n) is 12.1. The van der Waals surface area contributed by atoms with Gasteiger partial charge in [-0.3, -0.25) is 4.79 Å². The smallest absolute Gasteiger partial charge is 0.259 e. The van der Waals surface area contributed by atoms with Crippen LogP contribution in [-0.2, 0) is 18.6 Å². The summed E-state index contributed by atoms with van der Waals surface area (Å²) in [6, 6.07) is 0. The number of aromatic nitrogens is 2. The average Bonchev–Trinajstić information content (AvgIpc) is 3.12. The first-order valence-electron chi connectivity index (χ1n) is 7.96. The third-order valence-corrected chi connectivity index (χ3v) is 7.20. The van der Waals surface area contributed by atoms with E-state index >= 15 is 0 Å². The van der Waals surface area contributed by atoms with Crippen LogP contribution in [0.2, 0.25) is 0 Å². The predicted octanol–water partition coefficient (Wildman–Crippen LogP) is 4.04. The highest BCUT2D eigenvalue weighted by atomic mass is 32.2. The Kier molecular flexibility index (Phi) is 3.79. The number of aromatic amines is 1. The molecule has 3 nitrogen and oxygen atoms in total. The van der Waals surface area contributed by atoms with E-state index in [0.717, 1.165) is 39.9 Å². The molecular formula is C16H20N2OS2. The van der Waals surface area contributed by atoms with Gasteiger partial charge in [0.15, 0.2) is 0 Å². The molecule has 0 saturated heterocycles. The highest BCUT2D eigenvalue weighted by Gasteiger charge is 2.20. The Morgan fingerprint density at radius 3 is 2.86 bits per heavy atom. The van der Waals surface area contributed by atoms with E-state index < -0.39 is 0 Å². The van der Waals surface area contributed by atoms with Gasteiger partial charge in [-0.05, 0) is 44.1 Å². The Balaban J connectivity index is 1.64. The lowest BCUT2D eigenvalue weighted by Crippen LogP contribution is -2.13. The number of aryl methyl sites for hydroxylation is 2. The molecule has 5 heteroatoms. The molecule has 2 aliphatic carbocycles. The lowest BCUT2D eigenvalue weighted by atomic mass is 9.97. The maximum atomic E-state index is 12.4. The molecule has 0 aromatic carbocycles. The van der Waals surface area contributed by atoms with Crippen LogP contribution in [0.5, 0.6) is 0 Å². The summed E-state index contributed by atoms with van der Waals surface area (Å²) in [5.41, 5.74) is 1.37. The lowest BCUT2D eigenvalue weighted by molar-refractivity contribution is 0.700. The van der Waals surface area contributed by atoms with E-state index in [1.165, 1.54) is 49.0 Å². The number of H-pyrrole nitrogens is 1. The third-order valence-electron chi connectivity index (χ3n) is 4.63. The second kappa shape index (κ2) is 5.76. The van der Waals surface area contributed by atoms with Crippen molar-refractivity contribution in [1.29, 1.82) is 0 Å². The van der Waals surface area contributed by atoms with E-state index in [1.54, 1.807) is 11.3 Å². The van der Waals surface area contributed by atoms with Crippen molar-refractivity contribution in [2.24, 2.45) is 0 Å². The topological polar surface area (TPSA) is 45.8 Å². The highest BCUT2D eigenvalue weighted by Crippen LogP contribution is 2.34. The average molecular weight is 320 g/mol. The molecule has 4 rings (SSSR count). The first-order chi connectivity index (χ1) is 10.3. The van der Waals surface area contributed by atoms with Crippen LogP contribution in [0, 0.1) is 0 Å². The van der Waals surface area contributed by atoms with Crippen molar-refractivity contribution in [2.45, 2.75) is 62.4 Å². The van der Waals surface area contributed by atoms with Crippen molar-refractivity contribution in [1.82, 2.24) is 9.97 Å². The molecule has 2 aromatic heterocycles. The number of thioether (sulfide) groups is 1. The van der Waals surface area contributed by atoms with Crippen molar-refractivity contribution >= 4 is 33.3 Å². The Morgan fingerprint density at radius 2 is 2.00 bits per heavy atom. The molecule has 0 amide bonds. The molecule has 112 valence electrons. The van der Waals surface area contributed by atoms with E-state index in [9.17, 15) is 4.79 Å². The summed E-state index contributed by atoms with van der Waals surface area (Å²) in [6.07, 6.45) is 10.0. The fraction of sp³-hybridized carbons (Fsp3) is 0.625. The summed E-state index contributed by atoms with van der Waals surface area (Å²) in [4.78, 5) is 22.6. The zero-order valence-corrected chi connectivity index (χ0v) is 13.7. The molecule has 2 heterocycles. The van der Waals surface area contributed by atoms with Gasteiger partial charge in [0.1, 0.15) is 10.7 Å². The van der Waals surface area contributed by atoms with Gasteiger partial charge in [-0.25, -0.2) is 4.98 Å². The predicted molar refractivity (Wildman–Crippen MR) is 90.4 cm³/mol. The van der Waals surface area contributed by atoms with Crippen LogP contribution in [0.1, 0.15) is 54.8 Å². The van der Waals surface area contributed by atoms with Gasteiger partial charge < -0.3 is 4.98 Å². The van der Waals surface area contributed by atoms with Gasteiger partial charge in [0.2, 0.25) is 0 Å². The summed E-state index contributed by atoms with van der Waals surface area (Å²) in [5.74, 6) is 1.71. The number of fused-ring (bicyclic) bond motifs is 3. The fourth-order valence-corrected chi connectivity index (χ4v) is 6.01. The second-order valence-electron chi connectivity index (χ2n) is 6.12. The number of hydrogen-bond acceptors (Lipinski definition) is 4. The van der Waals surface area contributed by atoms with E-state index in [-0.39, 0.29) is 5.56 Å². The maximum Gasteiger partial charge on any atom is 0.259 e. The van der Waals surface area contributed by atoms with Crippen molar-refractivity contribution in [3.8, 4) is 0 Å². The molecule has 0 atom stereocenters. The van der Waals surface area contributed by atoms with Crippen molar-refractivity contribution in [3.63, 3.8) is 0 Å². The highest BCUT2D eigenvalue weighted by molar-refractivity contribution is 7.99. The van der Waals surface area contributed by atoms with Gasteiger partial charge in [-0.1, -0.05) is 12.8 Å². The quantitative estimate of drug-likeness (QED) is 0.928. The molecule has 0 bridgehead atoms. The Labute approximate surface area is 132 Å². The van der Waals surface area contributed by atoms with Crippen molar-refractivity contribution in [2.75, 3.05) is 0 Å². The third kappa shape index (κ3) is 2.66. The van der Waals surface area contributed by atoms with E-state index in [1.807, 2.05) is 11.8 Å². The molecule has 2 aromatic rings. The summed E-state index contributed by atoms with van der Waals surface area (Å²) in [5, 5.41) is 1.65. The van der Waals surface area contributed by atoms with E-state index in [0.29, 0.717) is 0 Å². The fourth-order valence-electron chi connectivity index (χ4n) is 3.53. The van der Waals surface area contributed by atoms with Gasteiger partial charge in [-0.2, -0.15) is 11.8 Å². The standard InChI is InChI=1S/C16H20N2OS2/c19-15-14-11-7-3-4-8-12(11)21-16(14)18-13(17-15)9-20-10-5-1-2-6-10/h10H,1-9H2,(H,17,18,19). The van der Waals surface area contributed by atoms with Crippen LogP contribution < -0.4 is 5.56 Å². The maximum absolute atomic E-state index is 12.4. The van der Waals surface area contributed by atoms with E-state index in [2.05, 4.69) is 4.98 Å². The first-order valence-corrected chi connectivity index (χ1v) is 9.83. The van der Waals surface area contributed by atoms with Crippen LogP contribution in [0.25, 0.3) is 10.2 Å². The number of nitrogens with one attached hydrogen (secondary N) is 1. The van der Waals surface area contributed by atoms with Crippen molar-refractivity contribution in [3.05, 3.63) is 26.6 Å². The molecule has 21 heavy (non-hydrogen) atoms. The minimum atomic E-state index is 0.0846. The first kappa shape index (κ1) is 13.8. The van der Waals surface area contributed by atoms with Crippen LogP contribution in [0.15, 0.2) is 4.79 Å². The molecule has 0 radical (unpaired) electrons. The Morgan fingerprint density at radius 1 is 1.19 bits per heavy atom. The SMILES string of the molecule is O=c1[nH]c(CSC2CCCC2)nc2sc3c(c12)CCCC3. The largest absolute Gasteiger partial charge is 0.309 e. The molecule has 2 aliphatic rings. The second-order valence-corrected chi connectivity index (χ2v) is 8.49. The minimum Gasteiger partial charge on any atom is -0.309 e. The zero-order chi connectivity index (χ0) is 14.2. The van der Waals surface area contributed by atoms with Gasteiger partial charge >= 0.3 is 0 Å². The van der Waals surface area contributed by atoms with Crippen LogP contribution in [0.3, 0.4) is 0 Å². The molecule has 1 fully saturated rings. The van der Waals surface area contributed by atoms with Crippen molar-refractivity contribution < 1.29 is 0 Å². The Bertz CT molecular complexity index is 713. The van der Waals surface area contributed by atoms with Gasteiger partial charge in [0.05, 0.1) is 11.1 Å². The molecule has 1 saturated carbocycles. The van der Waals surface area contributed by atoms with Crippen LogP contribution in [0.4, 0.5) is 0 Å². The molecule has 0 spiro atoms.